The van der Waals surface area contributed by atoms with Crippen LogP contribution >= 0.6 is 23.5 Å². The van der Waals surface area contributed by atoms with Crippen molar-refractivity contribution in [1.82, 2.24) is 19.9 Å². The zero-order valence-corrected chi connectivity index (χ0v) is 15.5. The van der Waals surface area contributed by atoms with E-state index in [1.807, 2.05) is 55.0 Å². The predicted molar refractivity (Wildman–Crippen MR) is 101 cm³/mol. The van der Waals surface area contributed by atoms with Crippen molar-refractivity contribution in [2.45, 2.75) is 16.7 Å². The number of benzene rings is 1. The summed E-state index contributed by atoms with van der Waals surface area (Å²) < 4.78 is 0. The third kappa shape index (κ3) is 4.68. The van der Waals surface area contributed by atoms with Gasteiger partial charge in [-0.15, -0.1) is 28.6 Å². The number of anilines is 2. The third-order valence-corrected chi connectivity index (χ3v) is 4.51. The molecule has 0 amide bonds. The highest BCUT2D eigenvalue weighted by Gasteiger charge is 2.18. The smallest absolute Gasteiger partial charge is 0.258 e. The molecular weight excluding hydrogens is 354 g/mol. The molecule has 0 saturated carbocycles. The Morgan fingerprint density at radius 1 is 0.840 bits per heavy atom. The quantitative estimate of drug-likeness (QED) is 0.351. The third-order valence-electron chi connectivity index (χ3n) is 3.22. The van der Waals surface area contributed by atoms with Crippen LogP contribution in [0.5, 0.6) is 0 Å². The minimum atomic E-state index is 0.362. The molecular formula is C17H17N5OS2. The van der Waals surface area contributed by atoms with E-state index in [9.17, 15) is 0 Å². The minimum Gasteiger partial charge on any atom is -0.258 e. The fourth-order valence-electron chi connectivity index (χ4n) is 2.01. The Hall–Kier alpha value is -2.16. The Labute approximate surface area is 155 Å². The number of thioether (sulfide) groups is 2. The highest BCUT2D eigenvalue weighted by molar-refractivity contribution is 7.98. The van der Waals surface area contributed by atoms with Gasteiger partial charge in [-0.25, -0.2) is 19.9 Å². The van der Waals surface area contributed by atoms with Crippen LogP contribution in [0.25, 0.3) is 0 Å². The molecule has 0 radical (unpaired) electrons. The van der Waals surface area contributed by atoms with E-state index in [2.05, 4.69) is 19.9 Å². The number of hydrogen-bond acceptors (Lipinski definition) is 8. The summed E-state index contributed by atoms with van der Waals surface area (Å²) in [6.07, 6.45) is 7.33. The van der Waals surface area contributed by atoms with Gasteiger partial charge in [0, 0.05) is 12.4 Å². The zero-order valence-electron chi connectivity index (χ0n) is 13.9. The van der Waals surface area contributed by atoms with E-state index in [4.69, 9.17) is 4.84 Å². The molecule has 0 aliphatic heterocycles. The van der Waals surface area contributed by atoms with E-state index in [-0.39, 0.29) is 0 Å². The van der Waals surface area contributed by atoms with Crippen LogP contribution in [0.1, 0.15) is 5.56 Å². The van der Waals surface area contributed by atoms with Crippen molar-refractivity contribution in [1.29, 1.82) is 0 Å². The predicted octanol–water partition coefficient (Wildman–Crippen LogP) is 3.98. The second-order valence-electron chi connectivity index (χ2n) is 4.85. The van der Waals surface area contributed by atoms with E-state index in [1.165, 1.54) is 28.6 Å². The summed E-state index contributed by atoms with van der Waals surface area (Å²) in [4.78, 5) is 23.6. The van der Waals surface area contributed by atoms with Crippen LogP contribution < -0.4 is 5.06 Å². The molecule has 0 saturated heterocycles. The highest BCUT2D eigenvalue weighted by Crippen LogP contribution is 2.23. The number of rotatable bonds is 7. The van der Waals surface area contributed by atoms with Gasteiger partial charge in [0.2, 0.25) is 0 Å². The van der Waals surface area contributed by atoms with E-state index < -0.39 is 0 Å². The summed E-state index contributed by atoms with van der Waals surface area (Å²) >= 11 is 3.08. The van der Waals surface area contributed by atoms with Crippen LogP contribution in [0.4, 0.5) is 11.9 Å². The first-order chi connectivity index (χ1) is 12.3. The average molecular weight is 371 g/mol. The molecule has 3 aromatic rings. The van der Waals surface area contributed by atoms with Crippen molar-refractivity contribution in [3.63, 3.8) is 0 Å². The van der Waals surface area contributed by atoms with Gasteiger partial charge in [-0.3, -0.25) is 4.84 Å². The summed E-state index contributed by atoms with van der Waals surface area (Å²) in [5, 5.41) is 3.17. The van der Waals surface area contributed by atoms with Gasteiger partial charge in [0.25, 0.3) is 11.9 Å². The first kappa shape index (κ1) is 17.7. The number of nitrogens with zero attached hydrogens (tertiary/aromatic N) is 5. The summed E-state index contributed by atoms with van der Waals surface area (Å²) in [7, 11) is 0. The maximum atomic E-state index is 5.96. The van der Waals surface area contributed by atoms with Gasteiger partial charge in [-0.2, -0.15) is 0 Å². The van der Waals surface area contributed by atoms with Crippen molar-refractivity contribution in [3.8, 4) is 0 Å². The standard InChI is InChI=1S/C17H17N5OS2/c1-24-14-8-10-18-16(20-14)22(17-19-11-9-15(21-17)25-2)23-12-13-6-4-3-5-7-13/h3-11H,12H2,1-2H3. The summed E-state index contributed by atoms with van der Waals surface area (Å²) in [5.41, 5.74) is 1.04. The lowest BCUT2D eigenvalue weighted by Gasteiger charge is -2.20. The normalized spacial score (nSPS) is 10.6. The topological polar surface area (TPSA) is 64.0 Å². The second kappa shape index (κ2) is 8.80. The molecule has 0 bridgehead atoms. The van der Waals surface area contributed by atoms with Crippen molar-refractivity contribution in [2.24, 2.45) is 0 Å². The molecule has 0 spiro atoms. The Morgan fingerprint density at radius 2 is 1.40 bits per heavy atom. The van der Waals surface area contributed by atoms with Crippen molar-refractivity contribution >= 4 is 35.4 Å². The molecule has 0 aliphatic carbocycles. The summed E-state index contributed by atoms with van der Waals surface area (Å²) in [5.74, 6) is 0.807. The van der Waals surface area contributed by atoms with Crippen molar-refractivity contribution in [3.05, 3.63) is 60.4 Å². The Kier molecular flexibility index (Phi) is 6.21. The zero-order chi connectivity index (χ0) is 17.5. The van der Waals surface area contributed by atoms with Gasteiger partial charge in [0.1, 0.15) is 16.7 Å². The molecule has 128 valence electrons. The van der Waals surface area contributed by atoms with Crippen LogP contribution in [0.3, 0.4) is 0 Å². The number of hydrogen-bond donors (Lipinski definition) is 0. The van der Waals surface area contributed by atoms with E-state index in [1.54, 1.807) is 12.4 Å². The number of aromatic nitrogens is 4. The molecule has 25 heavy (non-hydrogen) atoms. The fraction of sp³-hybridized carbons (Fsp3) is 0.176. The van der Waals surface area contributed by atoms with Crippen LogP contribution in [0.2, 0.25) is 0 Å². The van der Waals surface area contributed by atoms with E-state index in [0.717, 1.165) is 15.6 Å². The molecule has 0 N–H and O–H groups in total. The lowest BCUT2D eigenvalue weighted by molar-refractivity contribution is 0.114. The van der Waals surface area contributed by atoms with Gasteiger partial charge in [0.15, 0.2) is 0 Å². The SMILES string of the molecule is CSc1ccnc(N(OCc2ccccc2)c2nccc(SC)n2)n1. The molecule has 8 heteroatoms. The van der Waals surface area contributed by atoms with Crippen LogP contribution in [0, 0.1) is 0 Å². The highest BCUT2D eigenvalue weighted by atomic mass is 32.2. The van der Waals surface area contributed by atoms with Gasteiger partial charge in [-0.05, 0) is 30.2 Å². The Morgan fingerprint density at radius 3 is 1.92 bits per heavy atom. The first-order valence-corrected chi connectivity index (χ1v) is 9.96. The van der Waals surface area contributed by atoms with Gasteiger partial charge in [0.05, 0.1) is 0 Å². The maximum absolute atomic E-state index is 5.96. The largest absolute Gasteiger partial charge is 0.258 e. The molecule has 3 rings (SSSR count). The second-order valence-corrected chi connectivity index (χ2v) is 6.50. The molecule has 0 unspecified atom stereocenters. The minimum absolute atomic E-state index is 0.362. The van der Waals surface area contributed by atoms with Gasteiger partial charge < -0.3 is 0 Å². The molecule has 0 aliphatic rings. The van der Waals surface area contributed by atoms with Crippen LogP contribution in [0.15, 0.2) is 64.9 Å². The average Bonchev–Trinajstić information content (AvgIpc) is 2.69. The maximum Gasteiger partial charge on any atom is 0.258 e. The van der Waals surface area contributed by atoms with E-state index in [0.29, 0.717) is 18.5 Å². The lowest BCUT2D eigenvalue weighted by atomic mass is 10.2. The summed E-state index contributed by atoms with van der Waals surface area (Å²) in [6.45, 7) is 0.362. The monoisotopic (exact) mass is 371 g/mol. The molecule has 0 fully saturated rings. The fourth-order valence-corrected chi connectivity index (χ4v) is 2.75. The summed E-state index contributed by atoms with van der Waals surface area (Å²) in [6, 6.07) is 13.6. The molecule has 2 heterocycles. The lowest BCUT2D eigenvalue weighted by Crippen LogP contribution is -2.22. The van der Waals surface area contributed by atoms with Crippen LogP contribution in [-0.2, 0) is 11.4 Å². The van der Waals surface area contributed by atoms with Crippen molar-refractivity contribution < 1.29 is 4.84 Å². The van der Waals surface area contributed by atoms with Crippen LogP contribution in [-0.4, -0.2) is 32.4 Å². The Balaban J connectivity index is 1.92. The van der Waals surface area contributed by atoms with Gasteiger partial charge in [-0.1, -0.05) is 30.3 Å². The molecule has 6 nitrogen and oxygen atoms in total. The molecule has 1 aromatic carbocycles. The van der Waals surface area contributed by atoms with Gasteiger partial charge >= 0.3 is 0 Å². The first-order valence-electron chi connectivity index (χ1n) is 7.51. The Bertz CT molecular complexity index is 771. The van der Waals surface area contributed by atoms with E-state index >= 15 is 0 Å². The van der Waals surface area contributed by atoms with Crippen molar-refractivity contribution in [2.75, 3.05) is 17.6 Å². The molecule has 2 aromatic heterocycles. The molecule has 0 atom stereocenters.